The Hall–Kier alpha value is -3.02. The molecule has 0 saturated heterocycles. The minimum Gasteiger partial charge on any atom is -0.495 e. The van der Waals surface area contributed by atoms with Crippen molar-refractivity contribution in [3.63, 3.8) is 0 Å². The van der Waals surface area contributed by atoms with E-state index in [2.05, 4.69) is 15.5 Å². The number of methoxy groups -OCH3 is 1. The van der Waals surface area contributed by atoms with Gasteiger partial charge in [-0.25, -0.2) is 0 Å². The maximum absolute atomic E-state index is 6.22. The highest BCUT2D eigenvalue weighted by Gasteiger charge is 2.23. The molecule has 4 rings (SSSR count). The molecule has 0 aliphatic carbocycles. The van der Waals surface area contributed by atoms with Crippen LogP contribution in [-0.4, -0.2) is 17.3 Å². The second-order valence-corrected chi connectivity index (χ2v) is 7.16. The maximum Gasteiger partial charge on any atom is 0.247 e. The van der Waals surface area contributed by atoms with Gasteiger partial charge in [0.25, 0.3) is 0 Å². The van der Waals surface area contributed by atoms with Crippen LogP contribution in [0, 0.1) is 0 Å². The minimum absolute atomic E-state index is 0.396. The Morgan fingerprint density at radius 1 is 0.897 bits per heavy atom. The number of hydrogen-bond acceptors (Lipinski definition) is 5. The normalized spacial score (nSPS) is 11.8. The molecule has 0 saturated carbocycles. The first-order chi connectivity index (χ1) is 14.1. The van der Waals surface area contributed by atoms with E-state index in [4.69, 9.17) is 32.4 Å². The summed E-state index contributed by atoms with van der Waals surface area (Å²) in [5, 5.41) is 13.1. The molecule has 0 radical (unpaired) electrons. The number of nitrogens with one attached hydrogen (secondary N) is 1. The third kappa shape index (κ3) is 4.36. The summed E-state index contributed by atoms with van der Waals surface area (Å²) < 4.78 is 11.5. The topological polar surface area (TPSA) is 60.2 Å². The second-order valence-electron chi connectivity index (χ2n) is 6.29. The van der Waals surface area contributed by atoms with Crippen LogP contribution in [0.4, 0.5) is 5.69 Å². The first-order valence-electron chi connectivity index (χ1n) is 8.88. The molecule has 1 N–H and O–H groups in total. The fourth-order valence-corrected chi connectivity index (χ4v) is 3.34. The fraction of sp³-hybridized carbons (Fsp3) is 0.0909. The standard InChI is InChI=1S/C22H17Cl2N3O2/c1-28-19-11-10-17(24)13-18(19)25-20(15-8-5-9-16(23)12-15)22-27-26-21(29-22)14-6-3-2-4-7-14/h2-13,20,25H,1H3/t20-/m1/s1. The molecule has 0 amide bonds. The molecule has 1 heterocycles. The van der Waals surface area contributed by atoms with E-state index in [9.17, 15) is 0 Å². The Balaban J connectivity index is 1.76. The number of halogens is 2. The molecule has 0 unspecified atom stereocenters. The number of anilines is 1. The van der Waals surface area contributed by atoms with Crippen molar-refractivity contribution in [1.82, 2.24) is 10.2 Å². The first-order valence-corrected chi connectivity index (χ1v) is 9.64. The number of aromatic nitrogens is 2. The summed E-state index contributed by atoms with van der Waals surface area (Å²) in [6, 6.07) is 22.0. The second kappa shape index (κ2) is 8.55. The van der Waals surface area contributed by atoms with E-state index >= 15 is 0 Å². The van der Waals surface area contributed by atoms with Gasteiger partial charge in [0.1, 0.15) is 11.8 Å². The zero-order valence-electron chi connectivity index (χ0n) is 15.5. The Kier molecular flexibility index (Phi) is 5.69. The van der Waals surface area contributed by atoms with Crippen LogP contribution in [0.25, 0.3) is 11.5 Å². The van der Waals surface area contributed by atoms with Gasteiger partial charge >= 0.3 is 0 Å². The van der Waals surface area contributed by atoms with Crippen molar-refractivity contribution in [2.75, 3.05) is 12.4 Å². The lowest BCUT2D eigenvalue weighted by molar-refractivity contribution is 0.415. The van der Waals surface area contributed by atoms with E-state index in [0.717, 1.165) is 11.1 Å². The molecule has 0 spiro atoms. The van der Waals surface area contributed by atoms with Gasteiger partial charge in [0.2, 0.25) is 11.8 Å². The van der Waals surface area contributed by atoms with Crippen LogP contribution in [0.2, 0.25) is 10.0 Å². The monoisotopic (exact) mass is 425 g/mol. The Labute approximate surface area is 178 Å². The third-order valence-electron chi connectivity index (χ3n) is 4.35. The number of rotatable bonds is 6. The summed E-state index contributed by atoms with van der Waals surface area (Å²) in [7, 11) is 1.60. The highest BCUT2D eigenvalue weighted by molar-refractivity contribution is 6.31. The lowest BCUT2D eigenvalue weighted by Crippen LogP contribution is -2.13. The quantitative estimate of drug-likeness (QED) is 0.395. The van der Waals surface area contributed by atoms with Gasteiger partial charge in [-0.15, -0.1) is 10.2 Å². The summed E-state index contributed by atoms with van der Waals surface area (Å²) in [4.78, 5) is 0. The molecule has 0 aliphatic rings. The molecule has 0 aliphatic heterocycles. The van der Waals surface area contributed by atoms with Crippen LogP contribution >= 0.6 is 23.2 Å². The lowest BCUT2D eigenvalue weighted by atomic mass is 10.1. The summed E-state index contributed by atoms with van der Waals surface area (Å²) >= 11 is 12.4. The van der Waals surface area contributed by atoms with Gasteiger partial charge in [-0.1, -0.05) is 53.5 Å². The molecular formula is C22H17Cl2N3O2. The van der Waals surface area contributed by atoms with Crippen LogP contribution < -0.4 is 10.1 Å². The van der Waals surface area contributed by atoms with Crippen molar-refractivity contribution >= 4 is 28.9 Å². The summed E-state index contributed by atoms with van der Waals surface area (Å²) in [6.07, 6.45) is 0. The third-order valence-corrected chi connectivity index (χ3v) is 4.82. The highest BCUT2D eigenvalue weighted by Crippen LogP contribution is 2.34. The van der Waals surface area contributed by atoms with E-state index in [1.807, 2.05) is 54.6 Å². The Morgan fingerprint density at radius 2 is 1.69 bits per heavy atom. The van der Waals surface area contributed by atoms with E-state index in [1.165, 1.54) is 0 Å². The van der Waals surface area contributed by atoms with Crippen LogP contribution in [0.3, 0.4) is 0 Å². The van der Waals surface area contributed by atoms with Crippen LogP contribution in [-0.2, 0) is 0 Å². The molecule has 1 atom stereocenters. The Morgan fingerprint density at radius 3 is 2.45 bits per heavy atom. The van der Waals surface area contributed by atoms with Crippen LogP contribution in [0.5, 0.6) is 5.75 Å². The summed E-state index contributed by atoms with van der Waals surface area (Å²) in [5.41, 5.74) is 2.41. The molecular weight excluding hydrogens is 409 g/mol. The van der Waals surface area contributed by atoms with Gasteiger partial charge in [0.15, 0.2) is 0 Å². The van der Waals surface area contributed by atoms with Crippen LogP contribution in [0.1, 0.15) is 17.5 Å². The summed E-state index contributed by atoms with van der Waals surface area (Å²) in [5.74, 6) is 1.48. The molecule has 29 heavy (non-hydrogen) atoms. The Bertz CT molecular complexity index is 1120. The van der Waals surface area contributed by atoms with E-state index < -0.39 is 6.04 Å². The van der Waals surface area contributed by atoms with E-state index in [0.29, 0.717) is 33.3 Å². The lowest BCUT2D eigenvalue weighted by Gasteiger charge is -2.19. The molecule has 146 valence electrons. The predicted molar refractivity (Wildman–Crippen MR) is 115 cm³/mol. The number of hydrogen-bond donors (Lipinski definition) is 1. The molecule has 5 nitrogen and oxygen atoms in total. The molecule has 1 aromatic heterocycles. The van der Waals surface area contributed by atoms with Crippen molar-refractivity contribution in [3.8, 4) is 17.2 Å². The minimum atomic E-state index is -0.453. The largest absolute Gasteiger partial charge is 0.495 e. The number of benzene rings is 3. The van der Waals surface area contributed by atoms with Crippen LogP contribution in [0.15, 0.2) is 77.2 Å². The molecule has 3 aromatic carbocycles. The van der Waals surface area contributed by atoms with Crippen molar-refractivity contribution in [3.05, 3.63) is 94.3 Å². The number of ether oxygens (including phenoxy) is 1. The molecule has 4 aromatic rings. The van der Waals surface area contributed by atoms with Gasteiger partial charge < -0.3 is 14.5 Å². The zero-order valence-corrected chi connectivity index (χ0v) is 17.0. The fourth-order valence-electron chi connectivity index (χ4n) is 2.97. The van der Waals surface area contributed by atoms with Crippen molar-refractivity contribution in [2.45, 2.75) is 6.04 Å². The first kappa shape index (κ1) is 19.3. The molecule has 7 heteroatoms. The molecule has 0 fully saturated rings. The number of nitrogens with zero attached hydrogens (tertiary/aromatic N) is 2. The smallest absolute Gasteiger partial charge is 0.247 e. The van der Waals surface area contributed by atoms with E-state index in [-0.39, 0.29) is 0 Å². The van der Waals surface area contributed by atoms with Gasteiger partial charge in [-0.3, -0.25) is 0 Å². The zero-order chi connectivity index (χ0) is 20.2. The van der Waals surface area contributed by atoms with E-state index in [1.54, 1.807) is 25.3 Å². The van der Waals surface area contributed by atoms with Crippen molar-refractivity contribution in [2.24, 2.45) is 0 Å². The van der Waals surface area contributed by atoms with Crippen molar-refractivity contribution < 1.29 is 9.15 Å². The summed E-state index contributed by atoms with van der Waals surface area (Å²) in [6.45, 7) is 0. The average molecular weight is 426 g/mol. The van der Waals surface area contributed by atoms with Crippen molar-refractivity contribution in [1.29, 1.82) is 0 Å². The van der Waals surface area contributed by atoms with Gasteiger partial charge in [-0.2, -0.15) is 0 Å². The highest BCUT2D eigenvalue weighted by atomic mass is 35.5. The SMILES string of the molecule is COc1ccc(Cl)cc1N[C@H](c1cccc(Cl)c1)c1nnc(-c2ccccc2)o1. The van der Waals surface area contributed by atoms with Gasteiger partial charge in [0, 0.05) is 15.6 Å². The predicted octanol–water partition coefficient (Wildman–Crippen LogP) is 6.25. The van der Waals surface area contributed by atoms with Gasteiger partial charge in [-0.05, 0) is 48.0 Å². The maximum atomic E-state index is 6.22. The molecule has 0 bridgehead atoms. The average Bonchev–Trinajstić information content (AvgIpc) is 3.23. The van der Waals surface area contributed by atoms with Gasteiger partial charge in [0.05, 0.1) is 12.8 Å².